The fourth-order valence-corrected chi connectivity index (χ4v) is 2.20. The molecule has 0 spiro atoms. The molecule has 1 N–H and O–H groups in total. The van der Waals surface area contributed by atoms with Crippen LogP contribution >= 0.6 is 0 Å². The minimum Gasteiger partial charge on any atom is -0.479 e. The van der Waals surface area contributed by atoms with Crippen LogP contribution in [0.25, 0.3) is 0 Å². The Morgan fingerprint density at radius 1 is 1.60 bits per heavy atom. The Morgan fingerprint density at radius 2 is 2.33 bits per heavy atom. The van der Waals surface area contributed by atoms with Crippen molar-refractivity contribution >= 4 is 5.97 Å². The molecule has 3 heteroatoms. The lowest BCUT2D eigenvalue weighted by Crippen LogP contribution is -2.49. The van der Waals surface area contributed by atoms with Crippen LogP contribution in [0.2, 0.25) is 0 Å². The zero-order chi connectivity index (χ0) is 11.3. The monoisotopic (exact) mass is 212 g/mol. The number of rotatable bonds is 4. The maximum atomic E-state index is 11.3. The van der Waals surface area contributed by atoms with E-state index < -0.39 is 11.6 Å². The van der Waals surface area contributed by atoms with Gasteiger partial charge in [-0.2, -0.15) is 0 Å². The molecule has 86 valence electrons. The van der Waals surface area contributed by atoms with Crippen molar-refractivity contribution in [3.8, 4) is 0 Å². The van der Waals surface area contributed by atoms with E-state index >= 15 is 0 Å². The molecule has 15 heavy (non-hydrogen) atoms. The summed E-state index contributed by atoms with van der Waals surface area (Å²) in [4.78, 5) is 11.3. The van der Waals surface area contributed by atoms with Gasteiger partial charge in [0.05, 0.1) is 6.61 Å². The number of aliphatic carboxylic acids is 1. The average molecular weight is 212 g/mol. The van der Waals surface area contributed by atoms with Crippen LogP contribution in [0.4, 0.5) is 0 Å². The highest BCUT2D eigenvalue weighted by Gasteiger charge is 2.46. The molecule has 1 aliphatic carbocycles. The number of ether oxygens (including phenoxy) is 1. The molecular weight excluding hydrogens is 192 g/mol. The Labute approximate surface area is 91.1 Å². The molecule has 0 amide bonds. The van der Waals surface area contributed by atoms with Gasteiger partial charge in [0.2, 0.25) is 0 Å². The van der Waals surface area contributed by atoms with Crippen molar-refractivity contribution in [1.82, 2.24) is 0 Å². The summed E-state index contributed by atoms with van der Waals surface area (Å²) in [6.45, 7) is 4.27. The zero-order valence-corrected chi connectivity index (χ0v) is 9.53. The van der Waals surface area contributed by atoms with E-state index in [2.05, 4.69) is 0 Å². The largest absolute Gasteiger partial charge is 0.479 e. The second-order valence-electron chi connectivity index (χ2n) is 4.22. The fourth-order valence-electron chi connectivity index (χ4n) is 2.20. The van der Waals surface area contributed by atoms with Gasteiger partial charge in [-0.05, 0) is 32.1 Å². The van der Waals surface area contributed by atoms with Gasteiger partial charge < -0.3 is 9.84 Å². The summed E-state index contributed by atoms with van der Waals surface area (Å²) in [7, 11) is 0. The highest BCUT2D eigenvalue weighted by Crippen LogP contribution is 2.36. The first-order valence-corrected chi connectivity index (χ1v) is 5.62. The molecule has 0 aromatic carbocycles. The van der Waals surface area contributed by atoms with Gasteiger partial charge in [-0.3, -0.25) is 0 Å². The molecule has 1 rings (SSSR count). The van der Waals surface area contributed by atoms with Crippen molar-refractivity contribution in [3.63, 3.8) is 0 Å². The summed E-state index contributed by atoms with van der Waals surface area (Å²) in [5.41, 5.74) is -0.947. The molecule has 0 aromatic rings. The molecule has 1 aliphatic rings. The maximum Gasteiger partial charge on any atom is 0.336 e. The average Bonchev–Trinajstić information content (AvgIpc) is 2.21. The smallest absolute Gasteiger partial charge is 0.336 e. The highest BCUT2D eigenvalue weighted by molar-refractivity contribution is 5.78. The fraction of sp³-hybridized carbons (Fsp3) is 0.750. The third kappa shape index (κ3) is 2.59. The molecule has 0 aliphatic heterocycles. The summed E-state index contributed by atoms with van der Waals surface area (Å²) in [5, 5.41) is 9.31. The van der Waals surface area contributed by atoms with Crippen molar-refractivity contribution in [1.29, 1.82) is 0 Å². The molecule has 1 fully saturated rings. The topological polar surface area (TPSA) is 46.5 Å². The van der Waals surface area contributed by atoms with Crippen molar-refractivity contribution < 1.29 is 14.6 Å². The first-order chi connectivity index (χ1) is 7.13. The number of allylic oxidation sites excluding steroid dienone is 1. The lowest BCUT2D eigenvalue weighted by atomic mass is 9.76. The zero-order valence-electron chi connectivity index (χ0n) is 9.53. The van der Waals surface area contributed by atoms with Gasteiger partial charge in [0.1, 0.15) is 0 Å². The number of carboxylic acids is 1. The normalized spacial score (nSPS) is 32.0. The first kappa shape index (κ1) is 12.2. The number of carbonyl (C=O) groups is 1. The lowest BCUT2D eigenvalue weighted by molar-refractivity contribution is -0.177. The minimum absolute atomic E-state index is 0.106. The van der Waals surface area contributed by atoms with Crippen LogP contribution < -0.4 is 0 Å². The van der Waals surface area contributed by atoms with Crippen LogP contribution in [0.1, 0.15) is 39.5 Å². The van der Waals surface area contributed by atoms with Gasteiger partial charge in [0.25, 0.3) is 0 Å². The van der Waals surface area contributed by atoms with E-state index in [9.17, 15) is 9.90 Å². The van der Waals surface area contributed by atoms with Crippen LogP contribution in [0.5, 0.6) is 0 Å². The number of hydrogen-bond donors (Lipinski definition) is 1. The van der Waals surface area contributed by atoms with Crippen LogP contribution in [0, 0.1) is 5.92 Å². The van der Waals surface area contributed by atoms with E-state index in [0.29, 0.717) is 13.0 Å². The molecule has 0 aromatic heterocycles. The van der Waals surface area contributed by atoms with Gasteiger partial charge in [-0.15, -0.1) is 0 Å². The third-order valence-electron chi connectivity index (χ3n) is 3.27. The van der Waals surface area contributed by atoms with Crippen LogP contribution in [-0.4, -0.2) is 23.3 Å². The Hall–Kier alpha value is -0.830. The van der Waals surface area contributed by atoms with Crippen molar-refractivity contribution in [2.75, 3.05) is 6.61 Å². The van der Waals surface area contributed by atoms with E-state index in [-0.39, 0.29) is 5.92 Å². The third-order valence-corrected chi connectivity index (χ3v) is 3.27. The Bertz CT molecular complexity index is 247. The van der Waals surface area contributed by atoms with E-state index in [1.54, 1.807) is 0 Å². The van der Waals surface area contributed by atoms with E-state index in [0.717, 1.165) is 19.3 Å². The lowest BCUT2D eigenvalue weighted by Gasteiger charge is -2.38. The SMILES string of the molecule is CC=CCOC1(C(=O)O)CCCCC1C. The van der Waals surface area contributed by atoms with Crippen LogP contribution in [0.3, 0.4) is 0 Å². The molecular formula is C12H20O3. The molecule has 3 nitrogen and oxygen atoms in total. The molecule has 2 atom stereocenters. The summed E-state index contributed by atoms with van der Waals surface area (Å²) in [5.74, 6) is -0.701. The van der Waals surface area contributed by atoms with Gasteiger partial charge in [-0.25, -0.2) is 4.79 Å². The highest BCUT2D eigenvalue weighted by atomic mass is 16.5. The van der Waals surface area contributed by atoms with Gasteiger partial charge in [0.15, 0.2) is 5.60 Å². The summed E-state index contributed by atoms with van der Waals surface area (Å²) < 4.78 is 5.60. The molecule has 2 unspecified atom stereocenters. The minimum atomic E-state index is -0.947. The van der Waals surface area contributed by atoms with Gasteiger partial charge in [-0.1, -0.05) is 25.5 Å². The van der Waals surface area contributed by atoms with E-state index in [1.807, 2.05) is 26.0 Å². The first-order valence-electron chi connectivity index (χ1n) is 5.62. The van der Waals surface area contributed by atoms with Crippen LogP contribution in [-0.2, 0) is 9.53 Å². The number of hydrogen-bond acceptors (Lipinski definition) is 2. The maximum absolute atomic E-state index is 11.3. The Balaban J connectivity index is 2.71. The van der Waals surface area contributed by atoms with Crippen molar-refractivity contribution in [2.45, 2.75) is 45.1 Å². The molecule has 0 heterocycles. The van der Waals surface area contributed by atoms with Gasteiger partial charge >= 0.3 is 5.97 Å². The second kappa shape index (κ2) is 5.31. The molecule has 0 saturated heterocycles. The van der Waals surface area contributed by atoms with Crippen molar-refractivity contribution in [2.24, 2.45) is 5.92 Å². The summed E-state index contributed by atoms with van der Waals surface area (Å²) in [6, 6.07) is 0. The van der Waals surface area contributed by atoms with E-state index in [4.69, 9.17) is 4.74 Å². The summed E-state index contributed by atoms with van der Waals surface area (Å²) in [6.07, 6.45) is 7.38. The predicted molar refractivity (Wildman–Crippen MR) is 58.8 cm³/mol. The molecule has 0 radical (unpaired) electrons. The van der Waals surface area contributed by atoms with Gasteiger partial charge in [0, 0.05) is 0 Å². The van der Waals surface area contributed by atoms with Crippen LogP contribution in [0.15, 0.2) is 12.2 Å². The standard InChI is InChI=1S/C12H20O3/c1-3-4-9-15-12(11(13)14)8-6-5-7-10(12)2/h3-4,10H,5-9H2,1-2H3,(H,13,14). The van der Waals surface area contributed by atoms with E-state index in [1.165, 1.54) is 0 Å². The number of carboxylic acid groups (broad SMARTS) is 1. The summed E-state index contributed by atoms with van der Waals surface area (Å²) >= 11 is 0. The molecule has 0 bridgehead atoms. The molecule has 1 saturated carbocycles. The predicted octanol–water partition coefficient (Wildman–Crippen LogP) is 2.61. The Kier molecular flexibility index (Phi) is 4.33. The van der Waals surface area contributed by atoms with Crippen molar-refractivity contribution in [3.05, 3.63) is 12.2 Å². The second-order valence-corrected chi connectivity index (χ2v) is 4.22. The quantitative estimate of drug-likeness (QED) is 0.729. The Morgan fingerprint density at radius 3 is 2.87 bits per heavy atom.